The van der Waals surface area contributed by atoms with Crippen LogP contribution in [0.5, 0.6) is 0 Å². The Bertz CT molecular complexity index is 741. The van der Waals surface area contributed by atoms with Crippen LogP contribution in [0.2, 0.25) is 0 Å². The van der Waals surface area contributed by atoms with Gasteiger partial charge in [0.05, 0.1) is 0 Å². The summed E-state index contributed by atoms with van der Waals surface area (Å²) >= 11 is 1.78. The molecule has 18 heavy (non-hydrogen) atoms. The summed E-state index contributed by atoms with van der Waals surface area (Å²) in [4.78, 5) is 1.31. The molecule has 3 aromatic carbocycles. The van der Waals surface area contributed by atoms with Gasteiger partial charge in [-0.25, -0.2) is 0 Å². The van der Waals surface area contributed by atoms with Crippen LogP contribution in [0.3, 0.4) is 0 Å². The summed E-state index contributed by atoms with van der Waals surface area (Å²) in [6.45, 7) is 3.82. The Morgan fingerprint density at radius 1 is 0.833 bits per heavy atom. The first kappa shape index (κ1) is 11.4. The zero-order valence-electron chi connectivity index (χ0n) is 10.3. The first-order valence-electron chi connectivity index (χ1n) is 5.94. The normalized spacial score (nSPS) is 10.9. The van der Waals surface area contributed by atoms with Crippen LogP contribution in [0.1, 0.15) is 5.56 Å². The van der Waals surface area contributed by atoms with Gasteiger partial charge in [0.15, 0.2) is 0 Å². The van der Waals surface area contributed by atoms with Gasteiger partial charge in [-0.3, -0.25) is 0 Å². The number of rotatable bonds is 2. The summed E-state index contributed by atoms with van der Waals surface area (Å²) < 4.78 is 0. The van der Waals surface area contributed by atoms with Gasteiger partial charge in [-0.1, -0.05) is 30.9 Å². The molecule has 0 saturated carbocycles. The summed E-state index contributed by atoms with van der Waals surface area (Å²) in [5, 5.41) is 5.16. The molecule has 0 aliphatic rings. The summed E-state index contributed by atoms with van der Waals surface area (Å²) in [5.74, 6) is 0. The van der Waals surface area contributed by atoms with Crippen LogP contribution in [0.25, 0.3) is 27.6 Å². The molecule has 0 radical (unpaired) electrons. The van der Waals surface area contributed by atoms with Crippen molar-refractivity contribution >= 4 is 39.4 Å². The van der Waals surface area contributed by atoms with Crippen molar-refractivity contribution in [1.82, 2.24) is 0 Å². The van der Waals surface area contributed by atoms with Crippen LogP contribution in [-0.4, -0.2) is 6.26 Å². The van der Waals surface area contributed by atoms with E-state index in [1.807, 2.05) is 6.08 Å². The van der Waals surface area contributed by atoms with Crippen molar-refractivity contribution in [3.05, 3.63) is 60.7 Å². The largest absolute Gasteiger partial charge is 0.130 e. The van der Waals surface area contributed by atoms with Crippen molar-refractivity contribution in [2.75, 3.05) is 6.26 Å². The van der Waals surface area contributed by atoms with E-state index in [1.165, 1.54) is 32.0 Å². The van der Waals surface area contributed by atoms with Crippen LogP contribution in [0.15, 0.2) is 60.0 Å². The molecule has 0 unspecified atom stereocenters. The third-order valence-corrected chi connectivity index (χ3v) is 3.99. The van der Waals surface area contributed by atoms with Crippen LogP contribution >= 0.6 is 11.8 Å². The van der Waals surface area contributed by atoms with Gasteiger partial charge in [-0.2, -0.15) is 0 Å². The number of fused-ring (bicyclic) bond motifs is 2. The third-order valence-electron chi connectivity index (χ3n) is 3.26. The molecule has 0 N–H and O–H groups in total. The Morgan fingerprint density at radius 2 is 1.50 bits per heavy atom. The van der Waals surface area contributed by atoms with E-state index in [0.29, 0.717) is 0 Å². The van der Waals surface area contributed by atoms with Gasteiger partial charge >= 0.3 is 0 Å². The quantitative estimate of drug-likeness (QED) is 0.436. The van der Waals surface area contributed by atoms with Crippen molar-refractivity contribution in [1.29, 1.82) is 0 Å². The minimum Gasteiger partial charge on any atom is -0.130 e. The average molecular weight is 250 g/mol. The maximum atomic E-state index is 3.82. The number of hydrogen-bond donors (Lipinski definition) is 0. The van der Waals surface area contributed by atoms with Crippen molar-refractivity contribution in [3.8, 4) is 0 Å². The lowest BCUT2D eigenvalue weighted by atomic mass is 10.0. The molecule has 0 bridgehead atoms. The second-order valence-corrected chi connectivity index (χ2v) is 5.26. The van der Waals surface area contributed by atoms with Gasteiger partial charge in [0.25, 0.3) is 0 Å². The monoisotopic (exact) mass is 250 g/mol. The van der Waals surface area contributed by atoms with Gasteiger partial charge in [0.2, 0.25) is 0 Å². The Hall–Kier alpha value is -1.73. The van der Waals surface area contributed by atoms with E-state index in [4.69, 9.17) is 0 Å². The van der Waals surface area contributed by atoms with Crippen molar-refractivity contribution in [2.24, 2.45) is 0 Å². The number of thioether (sulfide) groups is 1. The smallest absolute Gasteiger partial charge is 0.00755 e. The molecular weight excluding hydrogens is 236 g/mol. The Balaban J connectivity index is 2.31. The SMILES string of the molecule is C=Cc1ccc2cc3cc(SC)ccc3cc2c1. The van der Waals surface area contributed by atoms with Crippen LogP contribution < -0.4 is 0 Å². The van der Waals surface area contributed by atoms with E-state index >= 15 is 0 Å². The lowest BCUT2D eigenvalue weighted by molar-refractivity contribution is 1.52. The fourth-order valence-corrected chi connectivity index (χ4v) is 2.70. The molecule has 0 atom stereocenters. The van der Waals surface area contributed by atoms with E-state index in [2.05, 4.69) is 61.4 Å². The molecule has 0 amide bonds. The molecule has 3 aromatic rings. The average Bonchev–Trinajstić information content (AvgIpc) is 2.43. The second-order valence-electron chi connectivity index (χ2n) is 4.38. The van der Waals surface area contributed by atoms with E-state index in [9.17, 15) is 0 Å². The first-order valence-corrected chi connectivity index (χ1v) is 7.16. The zero-order chi connectivity index (χ0) is 12.5. The summed E-state index contributed by atoms with van der Waals surface area (Å²) in [7, 11) is 0. The molecule has 3 rings (SSSR count). The van der Waals surface area contributed by atoms with Crippen LogP contribution in [0.4, 0.5) is 0 Å². The van der Waals surface area contributed by atoms with Gasteiger partial charge in [-0.05, 0) is 63.7 Å². The Kier molecular flexibility index (Phi) is 2.85. The van der Waals surface area contributed by atoms with Crippen molar-refractivity contribution < 1.29 is 0 Å². The number of benzene rings is 3. The highest BCUT2D eigenvalue weighted by Crippen LogP contribution is 2.27. The minimum absolute atomic E-state index is 1.17. The highest BCUT2D eigenvalue weighted by molar-refractivity contribution is 7.98. The molecule has 1 heteroatoms. The molecule has 0 fully saturated rings. The van der Waals surface area contributed by atoms with E-state index in [0.717, 1.165) is 0 Å². The Morgan fingerprint density at radius 3 is 2.17 bits per heavy atom. The highest BCUT2D eigenvalue weighted by atomic mass is 32.2. The maximum Gasteiger partial charge on any atom is 0.00755 e. The summed E-state index contributed by atoms with van der Waals surface area (Å²) in [5.41, 5.74) is 1.17. The maximum absolute atomic E-state index is 3.82. The molecule has 0 aromatic heterocycles. The zero-order valence-corrected chi connectivity index (χ0v) is 11.1. The first-order chi connectivity index (χ1) is 8.80. The van der Waals surface area contributed by atoms with Gasteiger partial charge < -0.3 is 0 Å². The predicted octanol–water partition coefficient (Wildman–Crippen LogP) is 5.36. The van der Waals surface area contributed by atoms with E-state index in [1.54, 1.807) is 11.8 Å². The topological polar surface area (TPSA) is 0 Å². The van der Waals surface area contributed by atoms with Crippen LogP contribution in [0, 0.1) is 0 Å². The second kappa shape index (κ2) is 4.51. The molecule has 0 aliphatic heterocycles. The van der Waals surface area contributed by atoms with Crippen LogP contribution in [-0.2, 0) is 0 Å². The van der Waals surface area contributed by atoms with Gasteiger partial charge in [0, 0.05) is 4.90 Å². The molecule has 0 nitrogen and oxygen atoms in total. The Labute approximate surface area is 111 Å². The summed E-state index contributed by atoms with van der Waals surface area (Å²) in [6, 6.07) is 17.6. The fourth-order valence-electron chi connectivity index (χ4n) is 2.25. The lowest BCUT2D eigenvalue weighted by Gasteiger charge is -2.05. The fraction of sp³-hybridized carbons (Fsp3) is 0.0588. The molecular formula is C17H14S. The van der Waals surface area contributed by atoms with Gasteiger partial charge in [0.1, 0.15) is 0 Å². The third kappa shape index (κ3) is 1.91. The van der Waals surface area contributed by atoms with E-state index in [-0.39, 0.29) is 0 Å². The molecule has 88 valence electrons. The molecule has 0 aliphatic carbocycles. The van der Waals surface area contributed by atoms with E-state index < -0.39 is 0 Å². The standard InChI is InChI=1S/C17H14S/c1-3-12-4-5-13-10-16-11-17(18-2)7-6-14(16)9-15(13)8-12/h3-11H,1H2,2H3. The van der Waals surface area contributed by atoms with Gasteiger partial charge in [-0.15, -0.1) is 11.8 Å². The lowest BCUT2D eigenvalue weighted by Crippen LogP contribution is -1.79. The molecule has 0 saturated heterocycles. The highest BCUT2D eigenvalue weighted by Gasteiger charge is 2.00. The summed E-state index contributed by atoms with van der Waals surface area (Å²) in [6.07, 6.45) is 4.00. The number of hydrogen-bond acceptors (Lipinski definition) is 1. The van der Waals surface area contributed by atoms with Crippen molar-refractivity contribution in [3.63, 3.8) is 0 Å². The molecule has 0 heterocycles. The van der Waals surface area contributed by atoms with Crippen molar-refractivity contribution in [2.45, 2.75) is 4.90 Å². The predicted molar refractivity (Wildman–Crippen MR) is 83.3 cm³/mol. The minimum atomic E-state index is 1.17. The molecule has 0 spiro atoms.